The van der Waals surface area contributed by atoms with Crippen LogP contribution in [0.25, 0.3) is 0 Å². The zero-order chi connectivity index (χ0) is 21.4. The van der Waals surface area contributed by atoms with Crippen molar-refractivity contribution < 1.29 is 19.1 Å². The molecule has 156 valence electrons. The molecule has 0 heterocycles. The van der Waals surface area contributed by atoms with Gasteiger partial charge >= 0.3 is 5.97 Å². The van der Waals surface area contributed by atoms with E-state index in [1.807, 2.05) is 34.6 Å². The van der Waals surface area contributed by atoms with E-state index in [-0.39, 0.29) is 30.3 Å². The van der Waals surface area contributed by atoms with Crippen molar-refractivity contribution >= 4 is 17.8 Å². The lowest BCUT2D eigenvalue weighted by Crippen LogP contribution is -2.57. The standard InChI is InChI=1S/C20H37N3O4/c1-10-27-19(26)14(4)11-15(13(2)3)23(9)18(25)17(20(5,6)7)22-16(24)12-21-8/h11,13,15,17,21H,10,12H2,1-9H3,(H,22,24)/b14-11+. The van der Waals surface area contributed by atoms with E-state index in [1.54, 1.807) is 38.9 Å². The second-order valence-electron chi connectivity index (χ2n) is 8.15. The van der Waals surface area contributed by atoms with Gasteiger partial charge in [-0.3, -0.25) is 9.59 Å². The summed E-state index contributed by atoms with van der Waals surface area (Å²) in [6.07, 6.45) is 1.76. The quantitative estimate of drug-likeness (QED) is 0.468. The highest BCUT2D eigenvalue weighted by Crippen LogP contribution is 2.23. The number of carbonyl (C=O) groups excluding carboxylic acids is 3. The van der Waals surface area contributed by atoms with Crippen LogP contribution in [-0.4, -0.2) is 62.0 Å². The van der Waals surface area contributed by atoms with Crippen LogP contribution in [0, 0.1) is 11.3 Å². The van der Waals surface area contributed by atoms with E-state index in [9.17, 15) is 14.4 Å². The van der Waals surface area contributed by atoms with E-state index < -0.39 is 17.4 Å². The Balaban J connectivity index is 5.63. The Bertz CT molecular complexity index is 550. The van der Waals surface area contributed by atoms with Crippen molar-refractivity contribution in [2.75, 3.05) is 27.2 Å². The van der Waals surface area contributed by atoms with Crippen LogP contribution in [0.4, 0.5) is 0 Å². The van der Waals surface area contributed by atoms with Crippen LogP contribution in [0.3, 0.4) is 0 Å². The van der Waals surface area contributed by atoms with Crippen molar-refractivity contribution in [3.8, 4) is 0 Å². The summed E-state index contributed by atoms with van der Waals surface area (Å²) >= 11 is 0. The van der Waals surface area contributed by atoms with E-state index in [0.717, 1.165) is 0 Å². The molecular formula is C20H37N3O4. The van der Waals surface area contributed by atoms with E-state index in [2.05, 4.69) is 10.6 Å². The summed E-state index contributed by atoms with van der Waals surface area (Å²) in [4.78, 5) is 38.8. The van der Waals surface area contributed by atoms with Crippen LogP contribution in [-0.2, 0) is 19.1 Å². The topological polar surface area (TPSA) is 87.7 Å². The molecular weight excluding hydrogens is 346 g/mol. The van der Waals surface area contributed by atoms with Gasteiger partial charge < -0.3 is 20.3 Å². The first-order chi connectivity index (χ1) is 12.4. The normalized spacial score (nSPS) is 14.5. The Morgan fingerprint density at radius 2 is 1.74 bits per heavy atom. The number of ether oxygens (including phenoxy) is 1. The molecule has 0 aliphatic heterocycles. The van der Waals surface area contributed by atoms with Gasteiger partial charge in [0, 0.05) is 12.6 Å². The summed E-state index contributed by atoms with van der Waals surface area (Å²) in [5, 5.41) is 5.61. The van der Waals surface area contributed by atoms with Crippen LogP contribution >= 0.6 is 0 Å². The largest absolute Gasteiger partial charge is 0.463 e. The third kappa shape index (κ3) is 8.12. The molecule has 0 saturated heterocycles. The number of nitrogens with one attached hydrogen (secondary N) is 2. The van der Waals surface area contributed by atoms with Gasteiger partial charge in [-0.25, -0.2) is 4.79 Å². The van der Waals surface area contributed by atoms with Crippen molar-refractivity contribution in [1.82, 2.24) is 15.5 Å². The minimum Gasteiger partial charge on any atom is -0.463 e. The molecule has 0 aromatic heterocycles. The molecule has 0 radical (unpaired) electrons. The van der Waals surface area contributed by atoms with Crippen molar-refractivity contribution in [2.24, 2.45) is 11.3 Å². The van der Waals surface area contributed by atoms with Crippen LogP contribution < -0.4 is 10.6 Å². The van der Waals surface area contributed by atoms with Gasteiger partial charge in [-0.2, -0.15) is 0 Å². The number of nitrogens with zero attached hydrogens (tertiary/aromatic N) is 1. The molecule has 0 aliphatic carbocycles. The van der Waals surface area contributed by atoms with E-state index >= 15 is 0 Å². The van der Waals surface area contributed by atoms with Gasteiger partial charge in [0.1, 0.15) is 6.04 Å². The monoisotopic (exact) mass is 383 g/mol. The predicted octanol–water partition coefficient (Wildman–Crippen LogP) is 1.73. The second kappa shape index (κ2) is 11.1. The molecule has 0 spiro atoms. The number of likely N-dealkylation sites (N-methyl/N-ethyl adjacent to an activating group) is 2. The summed E-state index contributed by atoms with van der Waals surface area (Å²) in [6.45, 7) is 13.6. The number of esters is 1. The van der Waals surface area contributed by atoms with Gasteiger partial charge in [0.2, 0.25) is 11.8 Å². The van der Waals surface area contributed by atoms with E-state index in [1.165, 1.54) is 0 Å². The fourth-order valence-electron chi connectivity index (χ4n) is 2.69. The molecule has 27 heavy (non-hydrogen) atoms. The lowest BCUT2D eigenvalue weighted by Gasteiger charge is -2.37. The maximum atomic E-state index is 13.2. The molecule has 0 aromatic carbocycles. The van der Waals surface area contributed by atoms with Gasteiger partial charge in [0.25, 0.3) is 0 Å². The van der Waals surface area contributed by atoms with Crippen molar-refractivity contribution in [1.29, 1.82) is 0 Å². The van der Waals surface area contributed by atoms with Gasteiger partial charge in [0.15, 0.2) is 0 Å². The van der Waals surface area contributed by atoms with Crippen molar-refractivity contribution in [3.05, 3.63) is 11.6 Å². The molecule has 0 aliphatic rings. The molecule has 2 unspecified atom stereocenters. The maximum absolute atomic E-state index is 13.2. The molecule has 2 amide bonds. The maximum Gasteiger partial charge on any atom is 0.333 e. The highest BCUT2D eigenvalue weighted by molar-refractivity contribution is 5.90. The molecule has 2 N–H and O–H groups in total. The number of amides is 2. The predicted molar refractivity (Wildman–Crippen MR) is 107 cm³/mol. The lowest BCUT2D eigenvalue weighted by molar-refractivity contribution is -0.140. The average molecular weight is 384 g/mol. The highest BCUT2D eigenvalue weighted by atomic mass is 16.5. The van der Waals surface area contributed by atoms with Gasteiger partial charge in [-0.05, 0) is 32.2 Å². The molecule has 0 rings (SSSR count). The molecule has 2 atom stereocenters. The van der Waals surface area contributed by atoms with Crippen molar-refractivity contribution in [2.45, 2.75) is 60.5 Å². The molecule has 0 bridgehead atoms. The number of hydrogen-bond donors (Lipinski definition) is 2. The van der Waals surface area contributed by atoms with Crippen LogP contribution in [0.15, 0.2) is 11.6 Å². The molecule has 0 aromatic rings. The Hall–Kier alpha value is -1.89. The Labute approximate surface area is 163 Å². The van der Waals surface area contributed by atoms with Gasteiger partial charge in [0.05, 0.1) is 19.2 Å². The first-order valence-corrected chi connectivity index (χ1v) is 9.42. The first-order valence-electron chi connectivity index (χ1n) is 9.42. The smallest absolute Gasteiger partial charge is 0.333 e. The van der Waals surface area contributed by atoms with Crippen molar-refractivity contribution in [3.63, 3.8) is 0 Å². The number of hydrogen-bond acceptors (Lipinski definition) is 5. The highest BCUT2D eigenvalue weighted by Gasteiger charge is 2.36. The summed E-state index contributed by atoms with van der Waals surface area (Å²) in [7, 11) is 3.38. The molecule has 7 nitrogen and oxygen atoms in total. The minimum atomic E-state index is -0.680. The number of carbonyl (C=O) groups is 3. The lowest BCUT2D eigenvalue weighted by atomic mass is 9.85. The fourth-order valence-corrected chi connectivity index (χ4v) is 2.69. The first kappa shape index (κ1) is 25.1. The third-order valence-corrected chi connectivity index (χ3v) is 4.25. The summed E-state index contributed by atoms with van der Waals surface area (Å²) in [6, 6.07) is -0.978. The van der Waals surface area contributed by atoms with E-state index in [0.29, 0.717) is 12.2 Å². The van der Waals surface area contributed by atoms with Gasteiger partial charge in [-0.15, -0.1) is 0 Å². The van der Waals surface area contributed by atoms with Crippen LogP contribution in [0.2, 0.25) is 0 Å². The molecule has 7 heteroatoms. The summed E-state index contributed by atoms with van der Waals surface area (Å²) < 4.78 is 5.03. The zero-order valence-corrected chi connectivity index (χ0v) is 18.3. The Morgan fingerprint density at radius 3 is 2.15 bits per heavy atom. The SMILES string of the molecule is CCOC(=O)/C(C)=C/C(C(C)C)N(C)C(=O)C(NC(=O)CNC)C(C)(C)C. The zero-order valence-electron chi connectivity index (χ0n) is 18.3. The average Bonchev–Trinajstić information content (AvgIpc) is 2.55. The summed E-state index contributed by atoms with van der Waals surface area (Å²) in [5.41, 5.74) is -0.00220. The third-order valence-electron chi connectivity index (χ3n) is 4.25. The molecule has 0 fully saturated rings. The fraction of sp³-hybridized carbons (Fsp3) is 0.750. The second-order valence-corrected chi connectivity index (χ2v) is 8.15. The Kier molecular flexibility index (Phi) is 10.3. The minimum absolute atomic E-state index is 0.0805. The Morgan fingerprint density at radius 1 is 1.19 bits per heavy atom. The van der Waals surface area contributed by atoms with Gasteiger partial charge in [-0.1, -0.05) is 40.7 Å². The van der Waals surface area contributed by atoms with Crippen LogP contribution in [0.1, 0.15) is 48.5 Å². The number of rotatable bonds is 9. The summed E-state index contributed by atoms with van der Waals surface area (Å²) in [5.74, 6) is -0.743. The van der Waals surface area contributed by atoms with E-state index in [4.69, 9.17) is 4.74 Å². The van der Waals surface area contributed by atoms with Crippen LogP contribution in [0.5, 0.6) is 0 Å². The molecule has 0 saturated carbocycles.